The van der Waals surface area contributed by atoms with Gasteiger partial charge in [-0.15, -0.1) is 4.72 Å². The van der Waals surface area contributed by atoms with Gasteiger partial charge in [0.2, 0.25) is 0 Å². The van der Waals surface area contributed by atoms with E-state index in [9.17, 15) is 9.66 Å². The molecule has 40 heavy (non-hydrogen) atoms. The first kappa shape index (κ1) is 28.2. The molecular formula is C31H37N5O3S. The van der Waals surface area contributed by atoms with Gasteiger partial charge in [0.15, 0.2) is 5.82 Å². The van der Waals surface area contributed by atoms with E-state index in [1.807, 2.05) is 32.9 Å². The van der Waals surface area contributed by atoms with Crippen molar-refractivity contribution in [2.45, 2.75) is 57.4 Å². The van der Waals surface area contributed by atoms with E-state index in [-0.39, 0.29) is 29.4 Å². The van der Waals surface area contributed by atoms with Gasteiger partial charge in [0, 0.05) is 41.6 Å². The molecule has 1 unspecified atom stereocenters. The van der Waals surface area contributed by atoms with E-state index in [0.717, 1.165) is 32.4 Å². The van der Waals surface area contributed by atoms with Crippen molar-refractivity contribution in [2.24, 2.45) is 5.41 Å². The van der Waals surface area contributed by atoms with Gasteiger partial charge in [-0.3, -0.25) is 0 Å². The number of aliphatic hydroxyl groups is 1. The van der Waals surface area contributed by atoms with Crippen molar-refractivity contribution < 1.29 is 14.4 Å². The molecule has 0 radical (unpaired) electrons. The molecule has 1 fully saturated rings. The fraction of sp³-hybridized carbons (Fsp3) is 0.419. The maximum atomic E-state index is 13.2. The van der Waals surface area contributed by atoms with Gasteiger partial charge in [0.1, 0.15) is 28.5 Å². The highest BCUT2D eigenvalue weighted by atomic mass is 32.2. The Kier molecular flexibility index (Phi) is 8.24. The molecule has 3 aromatic rings. The van der Waals surface area contributed by atoms with Crippen LogP contribution in [0.2, 0.25) is 0 Å². The van der Waals surface area contributed by atoms with Crippen molar-refractivity contribution >= 4 is 22.9 Å². The molecule has 210 valence electrons. The molecule has 1 aliphatic carbocycles. The number of benzene rings is 2. The molecule has 1 aliphatic heterocycles. The number of fused-ring (bicyclic) bond motifs is 1. The first-order valence-electron chi connectivity index (χ1n) is 13.6. The van der Waals surface area contributed by atoms with Gasteiger partial charge in [-0.25, -0.2) is 9.97 Å². The molecule has 4 N–H and O–H groups in total. The van der Waals surface area contributed by atoms with Crippen LogP contribution in [0.15, 0.2) is 54.7 Å². The highest BCUT2D eigenvalue weighted by Gasteiger charge is 2.50. The molecule has 0 saturated carbocycles. The summed E-state index contributed by atoms with van der Waals surface area (Å²) < 4.78 is 21.9. The van der Waals surface area contributed by atoms with Crippen LogP contribution in [0, 0.1) is 17.3 Å². The van der Waals surface area contributed by atoms with Crippen molar-refractivity contribution in [3.05, 3.63) is 77.2 Å². The lowest BCUT2D eigenvalue weighted by Crippen LogP contribution is -2.50. The quantitative estimate of drug-likeness (QED) is 0.236. The minimum atomic E-state index is -1.18. The maximum absolute atomic E-state index is 13.2. The number of nitrogens with one attached hydrogen (secondary N) is 1. The molecule has 1 saturated heterocycles. The molecule has 2 aliphatic rings. The minimum absolute atomic E-state index is 0.0251. The van der Waals surface area contributed by atoms with Gasteiger partial charge in [0.25, 0.3) is 0 Å². The molecule has 0 amide bonds. The standard InChI is InChI=1S/C31H37N5O3S/c1-30(2,3)40(38)35-28-26-12-5-4-8-22(26)19-31(28)13-15-36(16-14-31)29-27(21-37)34-24(20-33-29)10-7-17-39-25-11-6-9-23(32)18-25/h4-6,8-9,11-12,18,20,28,35,37H,13-17,19,21,32H2,1-3H3/t28-,40?/m1/s1. The number of nitrogens with two attached hydrogens (primary N) is 1. The summed E-state index contributed by atoms with van der Waals surface area (Å²) in [6.07, 6.45) is 4.43. The summed E-state index contributed by atoms with van der Waals surface area (Å²) in [5.74, 6) is 7.27. The molecule has 8 nitrogen and oxygen atoms in total. The van der Waals surface area contributed by atoms with Crippen LogP contribution in [0.1, 0.15) is 62.2 Å². The van der Waals surface area contributed by atoms with Crippen LogP contribution in [0.4, 0.5) is 11.5 Å². The van der Waals surface area contributed by atoms with Crippen molar-refractivity contribution in [1.82, 2.24) is 14.7 Å². The van der Waals surface area contributed by atoms with E-state index < -0.39 is 11.4 Å². The van der Waals surface area contributed by atoms with Crippen LogP contribution < -0.4 is 20.1 Å². The third-order valence-corrected chi connectivity index (χ3v) is 9.28. The fourth-order valence-corrected chi connectivity index (χ4v) is 6.54. The summed E-state index contributed by atoms with van der Waals surface area (Å²) in [6, 6.07) is 15.7. The Morgan fingerprint density at radius 3 is 2.70 bits per heavy atom. The van der Waals surface area contributed by atoms with E-state index in [2.05, 4.69) is 55.7 Å². The van der Waals surface area contributed by atoms with E-state index in [0.29, 0.717) is 28.6 Å². The van der Waals surface area contributed by atoms with E-state index in [1.54, 1.807) is 18.3 Å². The van der Waals surface area contributed by atoms with Crippen molar-refractivity contribution in [3.8, 4) is 17.6 Å². The zero-order valence-electron chi connectivity index (χ0n) is 23.3. The lowest BCUT2D eigenvalue weighted by molar-refractivity contribution is 0.175. The Labute approximate surface area is 239 Å². The summed E-state index contributed by atoms with van der Waals surface area (Å²) in [5.41, 5.74) is 9.97. The van der Waals surface area contributed by atoms with Crippen molar-refractivity contribution in [2.75, 3.05) is 30.3 Å². The third-order valence-electron chi connectivity index (χ3n) is 7.72. The molecule has 2 aromatic carbocycles. The Bertz CT molecular complexity index is 1410. The predicted molar refractivity (Wildman–Crippen MR) is 159 cm³/mol. The summed E-state index contributed by atoms with van der Waals surface area (Å²) in [5, 5.41) is 10.1. The van der Waals surface area contributed by atoms with E-state index in [1.165, 1.54) is 11.1 Å². The Balaban J connectivity index is 1.27. The van der Waals surface area contributed by atoms with Gasteiger partial charge in [-0.2, -0.15) is 0 Å². The second-order valence-corrected chi connectivity index (χ2v) is 13.5. The minimum Gasteiger partial charge on any atom is -0.598 e. The van der Waals surface area contributed by atoms with Crippen LogP contribution in [0.25, 0.3) is 0 Å². The van der Waals surface area contributed by atoms with Gasteiger partial charge < -0.3 is 25.0 Å². The van der Waals surface area contributed by atoms with Gasteiger partial charge in [0.05, 0.1) is 18.8 Å². The highest BCUT2D eigenvalue weighted by Crippen LogP contribution is 2.52. The number of hydrogen-bond donors (Lipinski definition) is 3. The second kappa shape index (κ2) is 11.7. The van der Waals surface area contributed by atoms with E-state index in [4.69, 9.17) is 10.5 Å². The van der Waals surface area contributed by atoms with Gasteiger partial charge in [-0.05, 0) is 69.2 Å². The Morgan fingerprint density at radius 2 is 1.98 bits per heavy atom. The molecule has 1 spiro atoms. The third kappa shape index (κ3) is 6.06. The van der Waals surface area contributed by atoms with E-state index >= 15 is 0 Å². The van der Waals surface area contributed by atoms with Gasteiger partial charge in [-0.1, -0.05) is 36.3 Å². The zero-order valence-corrected chi connectivity index (χ0v) is 24.1. The van der Waals surface area contributed by atoms with Gasteiger partial charge >= 0.3 is 0 Å². The normalized spacial score (nSPS) is 18.6. The van der Waals surface area contributed by atoms with Crippen LogP contribution in [0.3, 0.4) is 0 Å². The van der Waals surface area contributed by atoms with Crippen molar-refractivity contribution in [3.63, 3.8) is 0 Å². The number of anilines is 2. The average Bonchev–Trinajstić information content (AvgIpc) is 3.23. The Morgan fingerprint density at radius 1 is 1.20 bits per heavy atom. The lowest BCUT2D eigenvalue weighted by atomic mass is 9.73. The monoisotopic (exact) mass is 559 g/mol. The number of piperidine rings is 1. The highest BCUT2D eigenvalue weighted by molar-refractivity contribution is 7.90. The lowest BCUT2D eigenvalue weighted by Gasteiger charge is -2.44. The number of nitrogens with zero attached hydrogens (tertiary/aromatic N) is 3. The largest absolute Gasteiger partial charge is 0.598 e. The second-order valence-electron chi connectivity index (χ2n) is 11.5. The fourth-order valence-electron chi connectivity index (χ4n) is 5.59. The number of hydrogen-bond acceptors (Lipinski definition) is 8. The maximum Gasteiger partial charge on any atom is 0.152 e. The first-order chi connectivity index (χ1) is 19.2. The van der Waals surface area contributed by atoms with Crippen LogP contribution >= 0.6 is 0 Å². The molecule has 5 rings (SSSR count). The SMILES string of the molecule is CC(C)(C)[S+]([O-])N[C@@H]1c2ccccc2CC12CCN(c1ncc(C#CCOc3cccc(N)c3)nc1CO)CC2. The number of ether oxygens (including phenoxy) is 1. The predicted octanol–water partition coefficient (Wildman–Crippen LogP) is 3.92. The number of aromatic nitrogens is 2. The number of rotatable bonds is 6. The summed E-state index contributed by atoms with van der Waals surface area (Å²) >= 11 is -1.18. The first-order valence-corrected chi connectivity index (χ1v) is 14.8. The van der Waals surface area contributed by atoms with Crippen LogP contribution in [-0.4, -0.2) is 44.1 Å². The molecular weight excluding hydrogens is 522 g/mol. The molecule has 9 heteroatoms. The molecule has 0 bridgehead atoms. The average molecular weight is 560 g/mol. The molecule has 2 heterocycles. The summed E-state index contributed by atoms with van der Waals surface area (Å²) in [6.45, 7) is 7.52. The molecule has 2 atom stereocenters. The van der Waals surface area contributed by atoms with Crippen molar-refractivity contribution in [1.29, 1.82) is 0 Å². The van der Waals surface area contributed by atoms with Crippen LogP contribution in [-0.2, 0) is 24.4 Å². The number of nitrogen functional groups attached to an aromatic ring is 1. The molecule has 1 aromatic heterocycles. The smallest absolute Gasteiger partial charge is 0.152 e. The topological polar surface area (TPSA) is 120 Å². The summed E-state index contributed by atoms with van der Waals surface area (Å²) in [7, 11) is 0. The van der Waals surface area contributed by atoms with Crippen LogP contribution in [0.5, 0.6) is 5.75 Å². The summed E-state index contributed by atoms with van der Waals surface area (Å²) in [4.78, 5) is 11.4. The zero-order chi connectivity index (χ0) is 28.3. The Hall–Kier alpha value is -3.29. The number of aliphatic hydroxyl groups excluding tert-OH is 1.